The van der Waals surface area contributed by atoms with Gasteiger partial charge in [-0.2, -0.15) is 0 Å². The maximum atomic E-state index is 13.1. The normalized spacial score (nSPS) is 12.2. The molecule has 0 saturated carbocycles. The Morgan fingerprint density at radius 1 is 1.17 bits per heavy atom. The SMILES string of the molecule is CCc1cccc(C)c1NC(=O)C(C)N(c1cc(OC)ccc1OC)S(C)(=O)=O. The Hall–Kier alpha value is -2.74. The predicted octanol–water partition coefficient (Wildman–Crippen LogP) is 3.37. The van der Waals surface area contributed by atoms with Gasteiger partial charge in [-0.25, -0.2) is 8.42 Å². The fourth-order valence-electron chi connectivity index (χ4n) is 3.18. The van der Waals surface area contributed by atoms with Gasteiger partial charge >= 0.3 is 0 Å². The van der Waals surface area contributed by atoms with Crippen molar-refractivity contribution in [2.24, 2.45) is 0 Å². The topological polar surface area (TPSA) is 84.9 Å². The predicted molar refractivity (Wildman–Crippen MR) is 116 cm³/mol. The molecule has 0 aliphatic carbocycles. The molecule has 2 rings (SSSR count). The molecule has 1 unspecified atom stereocenters. The first-order valence-corrected chi connectivity index (χ1v) is 11.1. The third kappa shape index (κ3) is 5.00. The summed E-state index contributed by atoms with van der Waals surface area (Å²) in [6, 6.07) is 9.55. The van der Waals surface area contributed by atoms with Crippen LogP contribution in [0.1, 0.15) is 25.0 Å². The van der Waals surface area contributed by atoms with Crippen LogP contribution in [0.4, 0.5) is 11.4 Å². The van der Waals surface area contributed by atoms with Crippen molar-refractivity contribution in [3.63, 3.8) is 0 Å². The van der Waals surface area contributed by atoms with Crippen molar-refractivity contribution in [1.29, 1.82) is 0 Å². The second kappa shape index (κ2) is 9.17. The molecule has 0 aliphatic rings. The third-order valence-electron chi connectivity index (χ3n) is 4.70. The van der Waals surface area contributed by atoms with E-state index in [0.717, 1.165) is 28.1 Å². The number of aryl methyl sites for hydroxylation is 2. The van der Waals surface area contributed by atoms with Gasteiger partial charge < -0.3 is 14.8 Å². The summed E-state index contributed by atoms with van der Waals surface area (Å²) in [5, 5.41) is 2.90. The van der Waals surface area contributed by atoms with Gasteiger partial charge in [0.2, 0.25) is 15.9 Å². The Balaban J connectivity index is 2.49. The highest BCUT2D eigenvalue weighted by molar-refractivity contribution is 7.92. The van der Waals surface area contributed by atoms with Gasteiger partial charge in [0.25, 0.3) is 0 Å². The van der Waals surface area contributed by atoms with E-state index in [0.29, 0.717) is 17.2 Å². The lowest BCUT2D eigenvalue weighted by Crippen LogP contribution is -2.45. The second-order valence-corrected chi connectivity index (χ2v) is 8.58. The van der Waals surface area contributed by atoms with Crippen LogP contribution in [0.2, 0.25) is 0 Å². The summed E-state index contributed by atoms with van der Waals surface area (Å²) in [6.07, 6.45) is 1.80. The molecule has 2 aromatic rings. The van der Waals surface area contributed by atoms with Crippen LogP contribution < -0.4 is 19.1 Å². The van der Waals surface area contributed by atoms with Crippen molar-refractivity contribution in [3.05, 3.63) is 47.5 Å². The molecule has 2 aromatic carbocycles. The molecular formula is C21H28N2O5S. The molecule has 0 spiro atoms. The van der Waals surface area contributed by atoms with E-state index in [4.69, 9.17) is 9.47 Å². The van der Waals surface area contributed by atoms with E-state index in [9.17, 15) is 13.2 Å². The number of anilines is 2. The molecule has 0 heterocycles. The molecule has 1 N–H and O–H groups in total. The summed E-state index contributed by atoms with van der Waals surface area (Å²) in [5.74, 6) is 0.333. The number of carbonyl (C=O) groups is 1. The lowest BCUT2D eigenvalue weighted by atomic mass is 10.1. The van der Waals surface area contributed by atoms with Crippen molar-refractivity contribution in [1.82, 2.24) is 0 Å². The fourth-order valence-corrected chi connectivity index (χ4v) is 4.35. The summed E-state index contributed by atoms with van der Waals surface area (Å²) in [6.45, 7) is 5.44. The molecule has 29 heavy (non-hydrogen) atoms. The second-order valence-electron chi connectivity index (χ2n) is 6.72. The van der Waals surface area contributed by atoms with Crippen LogP contribution in [0, 0.1) is 6.92 Å². The van der Waals surface area contributed by atoms with Gasteiger partial charge in [0.1, 0.15) is 17.5 Å². The third-order valence-corrected chi connectivity index (χ3v) is 5.93. The average Bonchev–Trinajstić information content (AvgIpc) is 2.68. The number of hydrogen-bond donors (Lipinski definition) is 1. The first kappa shape index (κ1) is 22.5. The zero-order chi connectivity index (χ0) is 21.8. The highest BCUT2D eigenvalue weighted by atomic mass is 32.2. The Kier molecular flexibility index (Phi) is 7.13. The minimum Gasteiger partial charge on any atom is -0.497 e. The zero-order valence-electron chi connectivity index (χ0n) is 17.6. The van der Waals surface area contributed by atoms with Crippen LogP contribution in [0.15, 0.2) is 36.4 Å². The molecule has 0 fully saturated rings. The molecule has 158 valence electrons. The van der Waals surface area contributed by atoms with E-state index >= 15 is 0 Å². The number of amides is 1. The number of carbonyl (C=O) groups excluding carboxylic acids is 1. The van der Waals surface area contributed by atoms with Gasteiger partial charge in [0.15, 0.2) is 0 Å². The molecule has 0 aliphatic heterocycles. The summed E-state index contributed by atoms with van der Waals surface area (Å²) >= 11 is 0. The smallest absolute Gasteiger partial charge is 0.248 e. The van der Waals surface area contributed by atoms with Crippen LogP contribution >= 0.6 is 0 Å². The average molecular weight is 421 g/mol. The lowest BCUT2D eigenvalue weighted by Gasteiger charge is -2.30. The van der Waals surface area contributed by atoms with Crippen molar-refractivity contribution < 1.29 is 22.7 Å². The lowest BCUT2D eigenvalue weighted by molar-refractivity contribution is -0.116. The number of benzene rings is 2. The van der Waals surface area contributed by atoms with Gasteiger partial charge in [-0.3, -0.25) is 9.10 Å². The van der Waals surface area contributed by atoms with Crippen LogP contribution in [-0.2, 0) is 21.2 Å². The van der Waals surface area contributed by atoms with E-state index in [1.54, 1.807) is 19.1 Å². The molecule has 1 atom stereocenters. The number of sulfonamides is 1. The van der Waals surface area contributed by atoms with E-state index < -0.39 is 22.0 Å². The summed E-state index contributed by atoms with van der Waals surface area (Å²) in [4.78, 5) is 13.1. The van der Waals surface area contributed by atoms with Crippen molar-refractivity contribution in [2.45, 2.75) is 33.2 Å². The van der Waals surface area contributed by atoms with Crippen LogP contribution in [0.3, 0.4) is 0 Å². The van der Waals surface area contributed by atoms with Gasteiger partial charge in [0.05, 0.1) is 26.2 Å². The Labute approximate surface area is 172 Å². The summed E-state index contributed by atoms with van der Waals surface area (Å²) < 4.78 is 36.9. The number of hydrogen-bond acceptors (Lipinski definition) is 5. The summed E-state index contributed by atoms with van der Waals surface area (Å²) in [5.41, 5.74) is 2.83. The highest BCUT2D eigenvalue weighted by Gasteiger charge is 2.32. The standard InChI is InChI=1S/C21H28N2O5S/c1-7-16-10-8-9-14(2)20(16)22-21(24)15(3)23(29(6,25)26)18-13-17(27-4)11-12-19(18)28-5/h8-13,15H,7H2,1-6H3,(H,22,24). The molecule has 1 amide bonds. The van der Waals surface area contributed by atoms with Crippen molar-refractivity contribution in [3.8, 4) is 11.5 Å². The Bertz CT molecular complexity index is 989. The number of nitrogens with one attached hydrogen (secondary N) is 1. The van der Waals surface area contributed by atoms with E-state index in [1.165, 1.54) is 20.3 Å². The molecule has 8 heteroatoms. The van der Waals surface area contributed by atoms with E-state index in [2.05, 4.69) is 5.32 Å². The Morgan fingerprint density at radius 3 is 2.41 bits per heavy atom. The van der Waals surface area contributed by atoms with Crippen LogP contribution in [-0.4, -0.2) is 40.8 Å². The Morgan fingerprint density at radius 2 is 1.86 bits per heavy atom. The molecule has 0 bridgehead atoms. The number of nitrogens with zero attached hydrogens (tertiary/aromatic N) is 1. The van der Waals surface area contributed by atoms with Gasteiger partial charge in [0, 0.05) is 11.8 Å². The van der Waals surface area contributed by atoms with Crippen LogP contribution in [0.25, 0.3) is 0 Å². The highest BCUT2D eigenvalue weighted by Crippen LogP contribution is 2.35. The summed E-state index contributed by atoms with van der Waals surface area (Å²) in [7, 11) is -0.876. The molecular weight excluding hydrogens is 392 g/mol. The monoisotopic (exact) mass is 420 g/mol. The van der Waals surface area contributed by atoms with E-state index in [-0.39, 0.29) is 5.69 Å². The number of rotatable bonds is 8. The molecule has 7 nitrogen and oxygen atoms in total. The minimum atomic E-state index is -3.80. The van der Waals surface area contributed by atoms with Crippen LogP contribution in [0.5, 0.6) is 11.5 Å². The van der Waals surface area contributed by atoms with Crippen molar-refractivity contribution in [2.75, 3.05) is 30.1 Å². The van der Waals surface area contributed by atoms with Crippen molar-refractivity contribution >= 4 is 27.3 Å². The number of para-hydroxylation sites is 1. The first-order chi connectivity index (χ1) is 13.6. The molecule has 0 aromatic heterocycles. The minimum absolute atomic E-state index is 0.234. The molecule has 0 radical (unpaired) electrons. The molecule has 0 saturated heterocycles. The van der Waals surface area contributed by atoms with Gasteiger partial charge in [-0.05, 0) is 43.5 Å². The first-order valence-electron chi connectivity index (χ1n) is 9.24. The number of methoxy groups -OCH3 is 2. The van der Waals surface area contributed by atoms with Gasteiger partial charge in [-0.1, -0.05) is 25.1 Å². The maximum absolute atomic E-state index is 13.1. The number of ether oxygens (including phenoxy) is 2. The quantitative estimate of drug-likeness (QED) is 0.708. The fraction of sp³-hybridized carbons (Fsp3) is 0.381. The largest absolute Gasteiger partial charge is 0.497 e. The zero-order valence-corrected chi connectivity index (χ0v) is 18.5. The van der Waals surface area contributed by atoms with Gasteiger partial charge in [-0.15, -0.1) is 0 Å². The van der Waals surface area contributed by atoms with E-state index in [1.807, 2.05) is 32.0 Å². The maximum Gasteiger partial charge on any atom is 0.248 e.